The molecule has 1 aliphatic heterocycles. The SMILES string of the molecule is NC(=O)C(O)CNC1=NCCC1. The maximum atomic E-state index is 10.4. The molecule has 1 rings (SSSR count). The molecule has 0 aromatic carbocycles. The van der Waals surface area contributed by atoms with Gasteiger partial charge in [0.05, 0.1) is 12.4 Å². The van der Waals surface area contributed by atoms with Gasteiger partial charge in [0.2, 0.25) is 5.91 Å². The summed E-state index contributed by atoms with van der Waals surface area (Å²) in [6.07, 6.45) is 0.814. The molecule has 1 atom stereocenters. The number of hydrogen-bond donors (Lipinski definition) is 3. The van der Waals surface area contributed by atoms with Gasteiger partial charge in [0.1, 0.15) is 6.10 Å². The van der Waals surface area contributed by atoms with Gasteiger partial charge in [0.25, 0.3) is 0 Å². The summed E-state index contributed by atoms with van der Waals surface area (Å²) in [7, 11) is 0. The van der Waals surface area contributed by atoms with Crippen LogP contribution in [0.4, 0.5) is 0 Å². The molecule has 0 radical (unpaired) electrons. The van der Waals surface area contributed by atoms with E-state index in [2.05, 4.69) is 10.3 Å². The average Bonchev–Trinajstić information content (AvgIpc) is 2.51. The zero-order valence-corrected chi connectivity index (χ0v) is 6.79. The van der Waals surface area contributed by atoms with Crippen LogP contribution in [0, 0.1) is 0 Å². The zero-order chi connectivity index (χ0) is 8.97. The van der Waals surface area contributed by atoms with Gasteiger partial charge < -0.3 is 16.2 Å². The number of nitrogens with two attached hydrogens (primary N) is 1. The van der Waals surface area contributed by atoms with E-state index >= 15 is 0 Å². The van der Waals surface area contributed by atoms with E-state index in [-0.39, 0.29) is 6.54 Å². The van der Waals surface area contributed by atoms with E-state index < -0.39 is 12.0 Å². The summed E-state index contributed by atoms with van der Waals surface area (Å²) in [5.74, 6) is 0.149. The number of aliphatic hydroxyl groups is 1. The molecular weight excluding hydrogens is 158 g/mol. The Morgan fingerprint density at radius 1 is 1.83 bits per heavy atom. The number of primary amides is 1. The standard InChI is InChI=1S/C7H13N3O2/c8-7(12)5(11)4-10-6-2-1-3-9-6/h5,11H,1-4H2,(H2,8,12)(H,9,10). The third-order valence-corrected chi connectivity index (χ3v) is 1.70. The first kappa shape index (κ1) is 8.99. The van der Waals surface area contributed by atoms with Gasteiger partial charge in [0, 0.05) is 13.0 Å². The van der Waals surface area contributed by atoms with Gasteiger partial charge in [-0.05, 0) is 6.42 Å². The molecular formula is C7H13N3O2. The van der Waals surface area contributed by atoms with Crippen molar-refractivity contribution >= 4 is 11.7 Å². The van der Waals surface area contributed by atoms with Crippen LogP contribution < -0.4 is 11.1 Å². The van der Waals surface area contributed by atoms with Crippen molar-refractivity contribution in [3.05, 3.63) is 0 Å². The quantitative estimate of drug-likeness (QED) is 0.488. The minimum Gasteiger partial charge on any atom is -0.381 e. The lowest BCUT2D eigenvalue weighted by atomic mass is 10.3. The average molecular weight is 171 g/mol. The molecule has 1 heterocycles. The van der Waals surface area contributed by atoms with E-state index in [1.807, 2.05) is 0 Å². The summed E-state index contributed by atoms with van der Waals surface area (Å²) >= 11 is 0. The van der Waals surface area contributed by atoms with Crippen molar-refractivity contribution in [2.75, 3.05) is 13.1 Å². The Kier molecular flexibility index (Phi) is 3.04. The van der Waals surface area contributed by atoms with Gasteiger partial charge in [-0.25, -0.2) is 0 Å². The normalized spacial score (nSPS) is 18.6. The van der Waals surface area contributed by atoms with Crippen molar-refractivity contribution in [1.29, 1.82) is 0 Å². The number of nitrogens with zero attached hydrogens (tertiary/aromatic N) is 1. The van der Waals surface area contributed by atoms with Crippen LogP contribution in [-0.2, 0) is 4.79 Å². The Morgan fingerprint density at radius 3 is 3.08 bits per heavy atom. The molecule has 0 fully saturated rings. The van der Waals surface area contributed by atoms with Gasteiger partial charge in [0.15, 0.2) is 0 Å². The number of carbonyl (C=O) groups excluding carboxylic acids is 1. The van der Waals surface area contributed by atoms with Crippen molar-refractivity contribution in [3.8, 4) is 0 Å². The van der Waals surface area contributed by atoms with Crippen LogP contribution in [0.3, 0.4) is 0 Å². The lowest BCUT2D eigenvalue weighted by Gasteiger charge is -2.08. The molecule has 4 N–H and O–H groups in total. The Hall–Kier alpha value is -1.10. The van der Waals surface area contributed by atoms with E-state index in [4.69, 9.17) is 10.8 Å². The van der Waals surface area contributed by atoms with Gasteiger partial charge in [-0.3, -0.25) is 9.79 Å². The first-order valence-corrected chi connectivity index (χ1v) is 3.94. The van der Waals surface area contributed by atoms with E-state index in [1.54, 1.807) is 0 Å². The summed E-state index contributed by atoms with van der Waals surface area (Å²) in [6.45, 7) is 0.989. The predicted octanol–water partition coefficient (Wildman–Crippen LogP) is -1.39. The maximum absolute atomic E-state index is 10.4. The van der Waals surface area contributed by atoms with Crippen LogP contribution in [0.5, 0.6) is 0 Å². The molecule has 1 aliphatic rings. The lowest BCUT2D eigenvalue weighted by molar-refractivity contribution is -0.125. The minimum atomic E-state index is -1.12. The molecule has 5 heteroatoms. The molecule has 68 valence electrons. The summed E-state index contributed by atoms with van der Waals surface area (Å²) in [4.78, 5) is 14.5. The van der Waals surface area contributed by atoms with Crippen LogP contribution in [-0.4, -0.2) is 36.0 Å². The molecule has 0 bridgehead atoms. The molecule has 12 heavy (non-hydrogen) atoms. The second-order valence-corrected chi connectivity index (χ2v) is 2.73. The van der Waals surface area contributed by atoms with E-state index in [0.29, 0.717) is 0 Å². The fourth-order valence-electron chi connectivity index (χ4n) is 0.999. The number of rotatable bonds is 3. The van der Waals surface area contributed by atoms with Gasteiger partial charge in [-0.1, -0.05) is 0 Å². The van der Waals surface area contributed by atoms with Crippen LogP contribution >= 0.6 is 0 Å². The number of aliphatic hydroxyl groups excluding tert-OH is 1. The molecule has 0 aromatic rings. The largest absolute Gasteiger partial charge is 0.381 e. The monoisotopic (exact) mass is 171 g/mol. The number of aliphatic imine (C=N–C) groups is 1. The summed E-state index contributed by atoms with van der Waals surface area (Å²) < 4.78 is 0. The number of hydrogen-bond acceptors (Lipinski definition) is 4. The van der Waals surface area contributed by atoms with Crippen molar-refractivity contribution in [3.63, 3.8) is 0 Å². The molecule has 1 amide bonds. The third kappa shape index (κ3) is 2.50. The summed E-state index contributed by atoms with van der Waals surface area (Å²) in [5.41, 5.74) is 4.85. The molecule has 0 saturated carbocycles. The lowest BCUT2D eigenvalue weighted by Crippen LogP contribution is -2.39. The van der Waals surface area contributed by atoms with E-state index in [1.165, 1.54) is 0 Å². The van der Waals surface area contributed by atoms with Crippen molar-refractivity contribution < 1.29 is 9.90 Å². The first-order chi connectivity index (χ1) is 5.70. The highest BCUT2D eigenvalue weighted by molar-refractivity contribution is 5.85. The molecule has 0 spiro atoms. The second kappa shape index (κ2) is 4.06. The van der Waals surface area contributed by atoms with Crippen LogP contribution in [0.2, 0.25) is 0 Å². The highest BCUT2D eigenvalue weighted by atomic mass is 16.3. The second-order valence-electron chi connectivity index (χ2n) is 2.73. The Labute approximate surface area is 70.7 Å². The van der Waals surface area contributed by atoms with E-state index in [9.17, 15) is 4.79 Å². The van der Waals surface area contributed by atoms with Crippen molar-refractivity contribution in [1.82, 2.24) is 5.32 Å². The zero-order valence-electron chi connectivity index (χ0n) is 6.79. The summed E-state index contributed by atoms with van der Waals surface area (Å²) in [6, 6.07) is 0. The number of amides is 1. The minimum absolute atomic E-state index is 0.161. The highest BCUT2D eigenvalue weighted by Crippen LogP contribution is 2.00. The molecule has 0 aromatic heterocycles. The number of amidine groups is 1. The maximum Gasteiger partial charge on any atom is 0.248 e. The van der Waals surface area contributed by atoms with E-state index in [0.717, 1.165) is 25.2 Å². The fourth-order valence-corrected chi connectivity index (χ4v) is 0.999. The Balaban J connectivity index is 2.20. The number of carbonyl (C=O) groups is 1. The smallest absolute Gasteiger partial charge is 0.248 e. The van der Waals surface area contributed by atoms with Crippen molar-refractivity contribution in [2.24, 2.45) is 10.7 Å². The van der Waals surface area contributed by atoms with Crippen molar-refractivity contribution in [2.45, 2.75) is 18.9 Å². The van der Waals surface area contributed by atoms with Crippen LogP contribution in [0.1, 0.15) is 12.8 Å². The molecule has 0 saturated heterocycles. The highest BCUT2D eigenvalue weighted by Gasteiger charge is 2.12. The molecule has 0 aliphatic carbocycles. The van der Waals surface area contributed by atoms with Gasteiger partial charge >= 0.3 is 0 Å². The fraction of sp³-hybridized carbons (Fsp3) is 0.714. The Bertz CT molecular complexity index is 203. The van der Waals surface area contributed by atoms with Crippen LogP contribution in [0.25, 0.3) is 0 Å². The summed E-state index contributed by atoms with van der Waals surface area (Å²) in [5, 5.41) is 11.9. The number of nitrogens with one attached hydrogen (secondary N) is 1. The molecule has 5 nitrogen and oxygen atoms in total. The van der Waals surface area contributed by atoms with Crippen LogP contribution in [0.15, 0.2) is 4.99 Å². The van der Waals surface area contributed by atoms with Gasteiger partial charge in [-0.15, -0.1) is 0 Å². The third-order valence-electron chi connectivity index (χ3n) is 1.70. The Morgan fingerprint density at radius 2 is 2.58 bits per heavy atom. The topological polar surface area (TPSA) is 87.7 Å². The predicted molar refractivity (Wildman–Crippen MR) is 44.7 cm³/mol. The molecule has 1 unspecified atom stereocenters. The van der Waals surface area contributed by atoms with Gasteiger partial charge in [-0.2, -0.15) is 0 Å². The first-order valence-electron chi connectivity index (χ1n) is 3.94.